The molecule has 1 rings (SSSR count). The Morgan fingerprint density at radius 2 is 2.12 bits per heavy atom. The zero-order valence-corrected chi connectivity index (χ0v) is 10.8. The molecule has 0 aromatic heterocycles. The van der Waals surface area contributed by atoms with Crippen molar-refractivity contribution in [3.8, 4) is 5.75 Å². The molecule has 0 saturated carbocycles. The van der Waals surface area contributed by atoms with Crippen LogP contribution in [0.3, 0.4) is 0 Å². The van der Waals surface area contributed by atoms with Gasteiger partial charge in [-0.1, -0.05) is 20.8 Å². The van der Waals surface area contributed by atoms with Crippen molar-refractivity contribution >= 4 is 17.3 Å². The van der Waals surface area contributed by atoms with E-state index in [0.29, 0.717) is 17.1 Å². The van der Waals surface area contributed by atoms with Gasteiger partial charge in [-0.25, -0.2) is 0 Å². The maximum atomic E-state index is 12.0. The molecule has 3 N–H and O–H groups in total. The van der Waals surface area contributed by atoms with Crippen LogP contribution in [0.25, 0.3) is 0 Å². The third-order valence-corrected chi connectivity index (χ3v) is 2.97. The van der Waals surface area contributed by atoms with E-state index in [0.717, 1.165) is 6.42 Å². The largest absolute Gasteiger partial charge is 0.494 e. The number of ether oxygens (including phenoxy) is 1. The van der Waals surface area contributed by atoms with Gasteiger partial charge < -0.3 is 15.8 Å². The maximum Gasteiger partial charge on any atom is 0.230 e. The van der Waals surface area contributed by atoms with Crippen molar-refractivity contribution in [2.45, 2.75) is 27.2 Å². The van der Waals surface area contributed by atoms with E-state index < -0.39 is 5.41 Å². The highest BCUT2D eigenvalue weighted by atomic mass is 16.5. The Balaban J connectivity index is 2.92. The summed E-state index contributed by atoms with van der Waals surface area (Å²) in [5.74, 6) is 0.549. The smallest absolute Gasteiger partial charge is 0.230 e. The molecule has 0 bridgehead atoms. The molecule has 0 spiro atoms. The Kier molecular flexibility index (Phi) is 3.99. The molecule has 17 heavy (non-hydrogen) atoms. The quantitative estimate of drug-likeness (QED) is 0.790. The van der Waals surface area contributed by atoms with Gasteiger partial charge in [0.15, 0.2) is 0 Å². The zero-order chi connectivity index (χ0) is 13.1. The van der Waals surface area contributed by atoms with Gasteiger partial charge in [0, 0.05) is 17.2 Å². The fourth-order valence-corrected chi connectivity index (χ4v) is 1.26. The molecule has 1 aromatic rings. The molecule has 4 nitrogen and oxygen atoms in total. The van der Waals surface area contributed by atoms with E-state index in [4.69, 9.17) is 10.5 Å². The lowest BCUT2D eigenvalue weighted by atomic mass is 9.89. The van der Waals surface area contributed by atoms with Crippen molar-refractivity contribution < 1.29 is 9.53 Å². The third kappa shape index (κ3) is 3.12. The normalized spacial score (nSPS) is 11.1. The number of anilines is 2. The van der Waals surface area contributed by atoms with E-state index >= 15 is 0 Å². The van der Waals surface area contributed by atoms with E-state index in [1.54, 1.807) is 25.3 Å². The minimum absolute atomic E-state index is 0.0249. The first-order chi connectivity index (χ1) is 7.90. The maximum absolute atomic E-state index is 12.0. The van der Waals surface area contributed by atoms with E-state index in [1.165, 1.54) is 0 Å². The van der Waals surface area contributed by atoms with Gasteiger partial charge in [-0.2, -0.15) is 0 Å². The van der Waals surface area contributed by atoms with E-state index in [2.05, 4.69) is 5.32 Å². The van der Waals surface area contributed by atoms with E-state index in [9.17, 15) is 4.79 Å². The van der Waals surface area contributed by atoms with Crippen LogP contribution in [0.1, 0.15) is 27.2 Å². The van der Waals surface area contributed by atoms with Gasteiger partial charge in [0.25, 0.3) is 0 Å². The van der Waals surface area contributed by atoms with E-state index in [1.807, 2.05) is 20.8 Å². The molecule has 4 heteroatoms. The predicted octanol–water partition coefficient (Wildman–Crippen LogP) is 2.65. The summed E-state index contributed by atoms with van der Waals surface area (Å²) in [6, 6.07) is 5.17. The van der Waals surface area contributed by atoms with Gasteiger partial charge in [-0.05, 0) is 18.6 Å². The number of carbonyl (C=O) groups is 1. The molecule has 0 atom stereocenters. The van der Waals surface area contributed by atoms with Gasteiger partial charge in [-0.15, -0.1) is 0 Å². The van der Waals surface area contributed by atoms with Gasteiger partial charge in [0.2, 0.25) is 5.91 Å². The van der Waals surface area contributed by atoms with Gasteiger partial charge in [-0.3, -0.25) is 4.79 Å². The highest BCUT2D eigenvalue weighted by Gasteiger charge is 2.25. The summed E-state index contributed by atoms with van der Waals surface area (Å²) in [5, 5.41) is 2.86. The van der Waals surface area contributed by atoms with Crippen molar-refractivity contribution in [3.63, 3.8) is 0 Å². The van der Waals surface area contributed by atoms with Crippen LogP contribution < -0.4 is 15.8 Å². The third-order valence-electron chi connectivity index (χ3n) is 2.97. The number of carbonyl (C=O) groups excluding carboxylic acids is 1. The van der Waals surface area contributed by atoms with Crippen molar-refractivity contribution in [1.82, 2.24) is 0 Å². The number of hydrogen-bond donors (Lipinski definition) is 2. The van der Waals surface area contributed by atoms with Gasteiger partial charge in [0.05, 0.1) is 12.8 Å². The molecule has 0 aliphatic carbocycles. The Labute approximate surface area is 102 Å². The van der Waals surface area contributed by atoms with Crippen LogP contribution >= 0.6 is 0 Å². The van der Waals surface area contributed by atoms with Crippen molar-refractivity contribution in [3.05, 3.63) is 18.2 Å². The molecule has 0 heterocycles. The average Bonchev–Trinajstić information content (AvgIpc) is 2.31. The topological polar surface area (TPSA) is 64.4 Å². The highest BCUT2D eigenvalue weighted by molar-refractivity contribution is 5.96. The van der Waals surface area contributed by atoms with Crippen LogP contribution in [0.2, 0.25) is 0 Å². The van der Waals surface area contributed by atoms with Crippen LogP contribution in [-0.2, 0) is 4.79 Å². The summed E-state index contributed by atoms with van der Waals surface area (Å²) < 4.78 is 5.18. The molecule has 1 aromatic carbocycles. The summed E-state index contributed by atoms with van der Waals surface area (Å²) in [6.45, 7) is 5.80. The lowest BCUT2D eigenvalue weighted by Gasteiger charge is -2.22. The number of nitrogens with two attached hydrogens (primary N) is 1. The fraction of sp³-hybridized carbons (Fsp3) is 0.462. The predicted molar refractivity (Wildman–Crippen MR) is 70.1 cm³/mol. The first kappa shape index (κ1) is 13.4. The van der Waals surface area contributed by atoms with Crippen molar-refractivity contribution in [2.24, 2.45) is 5.41 Å². The summed E-state index contributed by atoms with van der Waals surface area (Å²) in [6.07, 6.45) is 0.774. The second-order valence-electron chi connectivity index (χ2n) is 4.65. The highest BCUT2D eigenvalue weighted by Crippen LogP contribution is 2.29. The SMILES string of the molecule is CCC(C)(C)C(=O)Nc1ccc(N)cc1OC. The second-order valence-corrected chi connectivity index (χ2v) is 4.65. The first-order valence-corrected chi connectivity index (χ1v) is 5.65. The number of benzene rings is 1. The monoisotopic (exact) mass is 236 g/mol. The van der Waals surface area contributed by atoms with Crippen molar-refractivity contribution in [1.29, 1.82) is 0 Å². The second kappa shape index (κ2) is 5.08. The molecule has 0 saturated heterocycles. The lowest BCUT2D eigenvalue weighted by Crippen LogP contribution is -2.30. The fourth-order valence-electron chi connectivity index (χ4n) is 1.26. The number of hydrogen-bond acceptors (Lipinski definition) is 3. The number of nitrogen functional groups attached to an aromatic ring is 1. The molecule has 0 unspecified atom stereocenters. The molecule has 94 valence electrons. The summed E-state index contributed by atoms with van der Waals surface area (Å²) in [4.78, 5) is 12.0. The first-order valence-electron chi connectivity index (χ1n) is 5.65. The standard InChI is InChI=1S/C13H20N2O2/c1-5-13(2,3)12(16)15-10-7-6-9(14)8-11(10)17-4/h6-8H,5,14H2,1-4H3,(H,15,16). The average molecular weight is 236 g/mol. The Hall–Kier alpha value is -1.71. The molecule has 0 aliphatic heterocycles. The van der Waals surface area contributed by atoms with Crippen LogP contribution in [0.5, 0.6) is 5.75 Å². The van der Waals surface area contributed by atoms with Crippen LogP contribution in [-0.4, -0.2) is 13.0 Å². The number of amides is 1. The summed E-state index contributed by atoms with van der Waals surface area (Å²) >= 11 is 0. The van der Waals surface area contributed by atoms with Crippen LogP contribution in [0, 0.1) is 5.41 Å². The Morgan fingerprint density at radius 1 is 1.47 bits per heavy atom. The lowest BCUT2D eigenvalue weighted by molar-refractivity contribution is -0.124. The van der Waals surface area contributed by atoms with Crippen LogP contribution in [0.15, 0.2) is 18.2 Å². The summed E-state index contributed by atoms with van der Waals surface area (Å²) in [7, 11) is 1.55. The number of methoxy groups -OCH3 is 1. The minimum Gasteiger partial charge on any atom is -0.494 e. The van der Waals surface area contributed by atoms with Crippen LogP contribution in [0.4, 0.5) is 11.4 Å². The number of rotatable bonds is 4. The van der Waals surface area contributed by atoms with Gasteiger partial charge >= 0.3 is 0 Å². The Bertz CT molecular complexity index is 414. The van der Waals surface area contributed by atoms with Crippen molar-refractivity contribution in [2.75, 3.05) is 18.2 Å². The molecule has 0 radical (unpaired) electrons. The minimum atomic E-state index is -0.396. The zero-order valence-electron chi connectivity index (χ0n) is 10.8. The molecular formula is C13H20N2O2. The Morgan fingerprint density at radius 3 is 2.65 bits per heavy atom. The molecule has 0 fully saturated rings. The molecular weight excluding hydrogens is 216 g/mol. The number of nitrogens with one attached hydrogen (secondary N) is 1. The molecule has 1 amide bonds. The summed E-state index contributed by atoms with van der Waals surface area (Å²) in [5.41, 5.74) is 6.51. The van der Waals surface area contributed by atoms with E-state index in [-0.39, 0.29) is 5.91 Å². The molecule has 0 aliphatic rings. The van der Waals surface area contributed by atoms with Gasteiger partial charge in [0.1, 0.15) is 5.75 Å².